The highest BCUT2D eigenvalue weighted by molar-refractivity contribution is 7.08. The Kier molecular flexibility index (Phi) is 33.1. The molecule has 141 heavy (non-hydrogen) atoms. The van der Waals surface area contributed by atoms with E-state index >= 15 is 0 Å². The first-order valence-electron chi connectivity index (χ1n) is 44.5. The number of rotatable bonds is 32. The van der Waals surface area contributed by atoms with Gasteiger partial charge >= 0.3 is 0 Å². The number of nitrogens with zero attached hydrogens (tertiary/aromatic N) is 7. The Morgan fingerprint density at radius 2 is 0.752 bits per heavy atom. The van der Waals surface area contributed by atoms with Crippen LogP contribution < -0.4 is 54.8 Å². The van der Waals surface area contributed by atoms with Gasteiger partial charge in [-0.3, -0.25) is 48.0 Å². The molecule has 0 unspecified atom stereocenters. The standard InChI is InChI=1S/C30H24F2N4O2.C28H29F2N5O2.C24H20F2N4O3.C24H20F2N4O2S/c31-24-9-6-19(16-25(24)32)17-26(36-30(38)28-22-4-2-1-3-20(22)11-13-34-28)27(37)10-7-18-5-8-23-21(15-18)12-14-35-29(23)33;1-3-4-20-16-25(34-35(20)2)28(37)33-24(15-18-6-9-22(29)23(30)14-18)26(36)10-7-17-5-8-21-19(13-17)11-12-32-27(21)31;25-18-6-4-14(11-19(18)26)12-20(30-24(32)21-2-1-9-33-21)23(31)29-13-15-3-5-17-16(10-15)7-8-28-22(17)27;25-19-4-2-14(10-20(19)26)11-21(30-23(31)17-6-8-33-13-17)24(32)29-12-15-1-3-18-16(9-15)5-7-28-22(18)27/h1-6,8-9,11-16,26H,7,10,17H2,(H2,33,35)(H,36,38);5-6,8-9,11-14,16,24H,3-4,7,10,15H2,1-2H3,(H2,31,32)(H,33,37);1-11,20H,12-13H2,(H2,27,28)(H,29,31)(H,30,32);1-10,13,21H,11-12H2,(H2,27,28)(H,29,32)(H,30,31)/t26-;24-;20-;21-/m0000/s1. The summed E-state index contributed by atoms with van der Waals surface area (Å²) in [4.78, 5) is 124. The van der Waals surface area contributed by atoms with Crippen molar-refractivity contribution in [3.63, 3.8) is 0 Å². The number of pyridine rings is 5. The van der Waals surface area contributed by atoms with Gasteiger partial charge in [-0.2, -0.15) is 16.4 Å². The highest BCUT2D eigenvalue weighted by Crippen LogP contribution is 2.28. The Morgan fingerprint density at radius 3 is 1.16 bits per heavy atom. The molecule has 0 saturated heterocycles. The van der Waals surface area contributed by atoms with Crippen LogP contribution in [0.25, 0.3) is 53.9 Å². The first-order chi connectivity index (χ1) is 67.9. The number of fused-ring (bicyclic) bond motifs is 5. The van der Waals surface area contributed by atoms with E-state index in [0.29, 0.717) is 69.3 Å². The number of Topliss-reactive ketones (excluding diaryl/α,β-unsaturated/α-hetero) is 2. The fraction of sp³-hybridized carbons (Fsp3) is 0.170. The molecule has 35 heteroatoms. The van der Waals surface area contributed by atoms with Crippen molar-refractivity contribution >= 4 is 135 Å². The maximum atomic E-state index is 13.9. The SMILES string of the molecule is CCCc1cc(C(=O)N[C@@H](Cc2ccc(F)c(F)c2)C(=O)CCc2ccc3c(N)nccc3c2)nn1C.Nc1nccc2cc(CCC(=O)[C@H](Cc3ccc(F)c(F)c3)NC(=O)c3nccc4ccccc34)ccc12.Nc1nccc2cc(CNC(=O)[C@H](Cc3ccc(F)c(F)c3)NC(=O)c3ccco3)ccc12.Nc1nccc2cc(CNC(=O)[C@H](Cc3ccc(F)c(F)c3)NC(=O)c3ccsc3)ccc12. The molecule has 17 rings (SSSR count). The second-order valence-corrected chi connectivity index (χ2v) is 33.8. The highest BCUT2D eigenvalue weighted by atomic mass is 32.1. The van der Waals surface area contributed by atoms with Crippen molar-refractivity contribution in [2.24, 2.45) is 7.05 Å². The van der Waals surface area contributed by atoms with Gasteiger partial charge in [-0.05, 0) is 224 Å². The lowest BCUT2D eigenvalue weighted by molar-refractivity contribution is -0.123. The topological polar surface area (TPSA) is 408 Å². The maximum absolute atomic E-state index is 13.9. The normalized spacial score (nSPS) is 11.9. The third-order valence-corrected chi connectivity index (χ3v) is 23.8. The van der Waals surface area contributed by atoms with Crippen LogP contribution >= 0.6 is 11.3 Å². The monoisotopic (exact) mass is 1930 g/mol. The molecule has 0 aliphatic heterocycles. The summed E-state index contributed by atoms with van der Waals surface area (Å²) in [5, 5.41) is 32.5. The van der Waals surface area contributed by atoms with Gasteiger partial charge in [0.15, 0.2) is 63.9 Å². The Labute approximate surface area is 805 Å². The molecule has 14 N–H and O–H groups in total. The van der Waals surface area contributed by atoms with Crippen molar-refractivity contribution in [2.45, 2.75) is 108 Å². The van der Waals surface area contributed by atoms with Crippen LogP contribution in [0.5, 0.6) is 0 Å². The minimum Gasteiger partial charge on any atom is -0.459 e. The van der Waals surface area contributed by atoms with E-state index in [1.165, 1.54) is 54.1 Å². The molecule has 0 radical (unpaired) electrons. The number of hydrogen-bond acceptors (Lipinski definition) is 20. The van der Waals surface area contributed by atoms with Crippen LogP contribution in [-0.4, -0.2) is 106 Å². The maximum Gasteiger partial charge on any atom is 0.287 e. The van der Waals surface area contributed by atoms with Crippen molar-refractivity contribution < 1.29 is 77.9 Å². The zero-order valence-electron chi connectivity index (χ0n) is 75.8. The van der Waals surface area contributed by atoms with Gasteiger partial charge in [-0.25, -0.2) is 55.1 Å². The second-order valence-electron chi connectivity index (χ2n) is 33.1. The number of carbonyl (C=O) groups is 8. The fourth-order valence-electron chi connectivity index (χ4n) is 15.7. The molecule has 0 saturated carbocycles. The van der Waals surface area contributed by atoms with Crippen LogP contribution in [0.3, 0.4) is 0 Å². The summed E-state index contributed by atoms with van der Waals surface area (Å²) in [5.41, 5.74) is 30.3. The number of nitrogens with one attached hydrogen (secondary N) is 6. The summed E-state index contributed by atoms with van der Waals surface area (Å²) in [5.74, 6) is -9.69. The lowest BCUT2D eigenvalue weighted by Crippen LogP contribution is -2.47. The molecule has 4 atom stereocenters. The van der Waals surface area contributed by atoms with Crippen molar-refractivity contribution in [2.75, 3.05) is 22.9 Å². The number of benzene rings is 9. The van der Waals surface area contributed by atoms with Crippen LogP contribution in [0.15, 0.2) is 277 Å². The van der Waals surface area contributed by atoms with Gasteiger partial charge in [-0.1, -0.05) is 123 Å². The molecule has 0 spiro atoms. The number of anilines is 4. The van der Waals surface area contributed by atoms with Crippen molar-refractivity contribution in [1.29, 1.82) is 0 Å². The van der Waals surface area contributed by atoms with E-state index < -0.39 is 106 Å². The van der Waals surface area contributed by atoms with E-state index in [0.717, 1.165) is 138 Å². The average Bonchev–Trinajstić information content (AvgIpc) is 1.61. The Hall–Kier alpha value is -17.0. The molecule has 0 aliphatic carbocycles. The van der Waals surface area contributed by atoms with Crippen LogP contribution in [0, 0.1) is 46.5 Å². The van der Waals surface area contributed by atoms with Gasteiger partial charge in [0.25, 0.3) is 23.6 Å². The summed E-state index contributed by atoms with van der Waals surface area (Å²) in [6.07, 6.45) is 12.1. The second kappa shape index (κ2) is 46.7. The van der Waals surface area contributed by atoms with E-state index in [-0.39, 0.29) is 80.3 Å². The third kappa shape index (κ3) is 26.4. The van der Waals surface area contributed by atoms with Gasteiger partial charge in [0.05, 0.1) is 23.9 Å². The summed E-state index contributed by atoms with van der Waals surface area (Å²) in [6, 6.07) is 55.0. The number of thiophene rings is 1. The predicted molar refractivity (Wildman–Crippen MR) is 522 cm³/mol. The minimum absolute atomic E-state index is 0.00116. The number of nitrogens with two attached hydrogens (primary N) is 4. The number of aryl methyl sites for hydroxylation is 4. The number of furan rings is 1. The lowest BCUT2D eigenvalue weighted by Gasteiger charge is -2.19. The number of hydrogen-bond donors (Lipinski definition) is 10. The van der Waals surface area contributed by atoms with Crippen molar-refractivity contribution in [3.8, 4) is 0 Å². The Morgan fingerprint density at radius 1 is 0.369 bits per heavy atom. The van der Waals surface area contributed by atoms with Gasteiger partial charge in [-0.15, -0.1) is 0 Å². The molecule has 0 aliphatic rings. The summed E-state index contributed by atoms with van der Waals surface area (Å²) in [6.45, 7) is 2.42. The highest BCUT2D eigenvalue weighted by Gasteiger charge is 2.30. The average molecular weight is 1930 g/mol. The van der Waals surface area contributed by atoms with Crippen LogP contribution in [-0.2, 0) is 84.3 Å². The molecule has 8 aromatic heterocycles. The molecule has 26 nitrogen and oxygen atoms in total. The molecular weight excluding hydrogens is 1840 g/mol. The predicted octanol–water partition coefficient (Wildman–Crippen LogP) is 16.7. The summed E-state index contributed by atoms with van der Waals surface area (Å²) >= 11 is 1.35. The first kappa shape index (κ1) is 100.0. The van der Waals surface area contributed by atoms with Gasteiger partial charge in [0, 0.05) is 115 Å². The molecule has 0 fully saturated rings. The van der Waals surface area contributed by atoms with Crippen LogP contribution in [0.4, 0.5) is 58.4 Å². The van der Waals surface area contributed by atoms with Crippen molar-refractivity contribution in [3.05, 3.63) is 392 Å². The quantitative estimate of drug-likeness (QED) is 0.0175. The zero-order valence-corrected chi connectivity index (χ0v) is 76.6. The van der Waals surface area contributed by atoms with Crippen molar-refractivity contribution in [1.82, 2.24) is 66.6 Å². The molecular formula is C106H93F8N17O9S. The van der Waals surface area contributed by atoms with Gasteiger partial charge in [0.2, 0.25) is 11.8 Å². The molecule has 718 valence electrons. The molecule has 9 aromatic carbocycles. The van der Waals surface area contributed by atoms with E-state index in [2.05, 4.69) is 61.9 Å². The lowest BCUT2D eigenvalue weighted by atomic mass is 9.96. The number of aromatic nitrogens is 7. The van der Waals surface area contributed by atoms with E-state index in [4.69, 9.17) is 27.4 Å². The largest absolute Gasteiger partial charge is 0.459 e. The minimum atomic E-state index is -1.05. The molecule has 0 bridgehead atoms. The smallest absolute Gasteiger partial charge is 0.287 e. The fourth-order valence-corrected chi connectivity index (χ4v) is 16.3. The number of amides is 6. The number of halogens is 8. The first-order valence-corrected chi connectivity index (χ1v) is 45.4. The van der Waals surface area contributed by atoms with Crippen LogP contribution in [0.2, 0.25) is 0 Å². The van der Waals surface area contributed by atoms with E-state index in [1.54, 1.807) is 83.7 Å². The van der Waals surface area contributed by atoms with Crippen LogP contribution in [0.1, 0.15) is 118 Å². The number of carbonyl (C=O) groups excluding carboxylic acids is 8. The number of ketones is 2. The summed E-state index contributed by atoms with van der Waals surface area (Å²) in [7, 11) is 1.76. The Balaban J connectivity index is 0.000000150. The zero-order chi connectivity index (χ0) is 99.9. The number of nitrogen functional groups attached to an aromatic ring is 4. The molecule has 17 aromatic rings. The Bertz CT molecular complexity index is 7280. The molecule has 6 amide bonds. The van der Waals surface area contributed by atoms with E-state index in [9.17, 15) is 73.5 Å². The summed E-state index contributed by atoms with van der Waals surface area (Å²) < 4.78 is 115. The molecule has 8 heterocycles. The van der Waals surface area contributed by atoms with Gasteiger partial charge in [0.1, 0.15) is 46.7 Å². The van der Waals surface area contributed by atoms with E-state index in [1.807, 2.05) is 116 Å². The van der Waals surface area contributed by atoms with Gasteiger partial charge < -0.3 is 59.3 Å². The third-order valence-electron chi connectivity index (χ3n) is 23.2.